The number of fused-ring (bicyclic) bond motifs is 2. The van der Waals surface area contributed by atoms with Crippen molar-refractivity contribution in [3.05, 3.63) is 64.2 Å². The molecule has 148 valence electrons. The Balaban J connectivity index is 1.21. The van der Waals surface area contributed by atoms with Crippen LogP contribution in [0.1, 0.15) is 22.6 Å². The first-order valence-electron chi connectivity index (χ1n) is 9.89. The van der Waals surface area contributed by atoms with Crippen LogP contribution in [-0.4, -0.2) is 40.6 Å². The van der Waals surface area contributed by atoms with Gasteiger partial charge in [-0.05, 0) is 48.2 Å². The first kappa shape index (κ1) is 18.3. The van der Waals surface area contributed by atoms with Crippen molar-refractivity contribution in [1.29, 1.82) is 0 Å². The van der Waals surface area contributed by atoms with Crippen LogP contribution in [0.4, 0.5) is 0 Å². The van der Waals surface area contributed by atoms with E-state index in [1.807, 2.05) is 24.3 Å². The van der Waals surface area contributed by atoms with Crippen molar-refractivity contribution < 1.29 is 14.6 Å². The Morgan fingerprint density at radius 1 is 1.21 bits per heavy atom. The lowest BCUT2D eigenvalue weighted by atomic mass is 9.90. The third-order valence-corrected chi connectivity index (χ3v) is 6.63. The van der Waals surface area contributed by atoms with E-state index in [0.717, 1.165) is 35.7 Å². The van der Waals surface area contributed by atoms with Crippen molar-refractivity contribution in [1.82, 2.24) is 9.88 Å². The summed E-state index contributed by atoms with van der Waals surface area (Å²) in [5, 5.41) is 10.00. The van der Waals surface area contributed by atoms with E-state index >= 15 is 0 Å². The maximum atomic E-state index is 10.9. The maximum Gasteiger partial charge on any atom is 0.309 e. The van der Waals surface area contributed by atoms with Gasteiger partial charge in [0.25, 0.3) is 0 Å². The molecule has 5 nitrogen and oxygen atoms in total. The predicted octanol–water partition coefficient (Wildman–Crippen LogP) is 4.22. The molecule has 6 heteroatoms. The molecule has 1 N–H and O–H groups in total. The van der Waals surface area contributed by atoms with Crippen LogP contribution in [0.25, 0.3) is 16.3 Å². The van der Waals surface area contributed by atoms with Gasteiger partial charge in [-0.25, -0.2) is 4.98 Å². The average Bonchev–Trinajstić information content (AvgIpc) is 3.11. The van der Waals surface area contributed by atoms with E-state index in [9.17, 15) is 4.79 Å². The van der Waals surface area contributed by atoms with Gasteiger partial charge in [-0.2, -0.15) is 0 Å². The van der Waals surface area contributed by atoms with E-state index in [0.29, 0.717) is 19.7 Å². The molecule has 1 aliphatic heterocycles. The second-order valence-electron chi connectivity index (χ2n) is 7.76. The van der Waals surface area contributed by atoms with Crippen LogP contribution in [0.15, 0.2) is 48.0 Å². The number of rotatable bonds is 6. The summed E-state index contributed by atoms with van der Waals surface area (Å²) in [6, 6.07) is 14.4. The van der Waals surface area contributed by atoms with E-state index < -0.39 is 5.97 Å². The van der Waals surface area contributed by atoms with Crippen molar-refractivity contribution in [3.8, 4) is 5.75 Å². The van der Waals surface area contributed by atoms with E-state index in [2.05, 4.69) is 34.2 Å². The van der Waals surface area contributed by atoms with Gasteiger partial charge in [0.1, 0.15) is 17.4 Å². The van der Waals surface area contributed by atoms with Crippen LogP contribution in [0.5, 0.6) is 5.75 Å². The predicted molar refractivity (Wildman–Crippen MR) is 114 cm³/mol. The van der Waals surface area contributed by atoms with Crippen LogP contribution >= 0.6 is 11.3 Å². The second-order valence-corrected chi connectivity index (χ2v) is 8.87. The number of carboxylic acids is 1. The van der Waals surface area contributed by atoms with Crippen LogP contribution < -0.4 is 4.74 Å². The Bertz CT molecular complexity index is 1070. The van der Waals surface area contributed by atoms with Crippen molar-refractivity contribution in [2.45, 2.75) is 19.4 Å². The number of benzene rings is 2. The van der Waals surface area contributed by atoms with Gasteiger partial charge in [-0.1, -0.05) is 29.8 Å². The molecule has 0 spiro atoms. The summed E-state index contributed by atoms with van der Waals surface area (Å²) in [5.41, 5.74) is 4.96. The monoisotopic (exact) mass is 406 g/mol. The van der Waals surface area contributed by atoms with Gasteiger partial charge < -0.3 is 9.84 Å². The zero-order valence-corrected chi connectivity index (χ0v) is 16.8. The Morgan fingerprint density at radius 3 is 2.90 bits per heavy atom. The fraction of sp³-hybridized carbons (Fsp3) is 0.304. The maximum absolute atomic E-state index is 10.9. The van der Waals surface area contributed by atoms with Crippen LogP contribution in [0.2, 0.25) is 0 Å². The fourth-order valence-corrected chi connectivity index (χ4v) is 4.89. The SMILES string of the molecule is O=C(O)C1CN(CC2=Cc3ccc(OCc4nc5ccccc5s4)cc3CC2)C1. The van der Waals surface area contributed by atoms with Crippen LogP contribution in [0.3, 0.4) is 0 Å². The minimum atomic E-state index is -0.678. The normalized spacial score (nSPS) is 16.9. The number of carbonyl (C=O) groups is 1. The van der Waals surface area contributed by atoms with Crippen molar-refractivity contribution in [2.24, 2.45) is 5.92 Å². The summed E-state index contributed by atoms with van der Waals surface area (Å²) in [6.07, 6.45) is 4.27. The minimum absolute atomic E-state index is 0.193. The molecule has 0 amide bonds. The summed E-state index contributed by atoms with van der Waals surface area (Å²) < 4.78 is 7.19. The van der Waals surface area contributed by atoms with Gasteiger partial charge in [-0.3, -0.25) is 9.69 Å². The van der Waals surface area contributed by atoms with E-state index in [1.54, 1.807) is 11.3 Å². The molecule has 2 heterocycles. The van der Waals surface area contributed by atoms with Gasteiger partial charge >= 0.3 is 5.97 Å². The summed E-state index contributed by atoms with van der Waals surface area (Å²) in [7, 11) is 0. The molecule has 29 heavy (non-hydrogen) atoms. The molecule has 2 aliphatic rings. The lowest BCUT2D eigenvalue weighted by Gasteiger charge is -2.37. The molecule has 0 bridgehead atoms. The highest BCUT2D eigenvalue weighted by atomic mass is 32.1. The smallest absolute Gasteiger partial charge is 0.309 e. The number of aliphatic carboxylic acids is 1. The van der Waals surface area contributed by atoms with Gasteiger partial charge in [0.2, 0.25) is 0 Å². The Labute approximate surface area is 173 Å². The third-order valence-electron chi connectivity index (χ3n) is 5.62. The van der Waals surface area contributed by atoms with Crippen molar-refractivity contribution >= 4 is 33.6 Å². The number of hydrogen-bond acceptors (Lipinski definition) is 5. The van der Waals surface area contributed by atoms with Gasteiger partial charge in [-0.15, -0.1) is 11.3 Å². The van der Waals surface area contributed by atoms with Crippen LogP contribution in [0, 0.1) is 5.92 Å². The van der Waals surface area contributed by atoms with E-state index in [1.165, 1.54) is 21.4 Å². The highest BCUT2D eigenvalue weighted by Crippen LogP contribution is 2.30. The molecule has 0 radical (unpaired) electrons. The molecule has 1 saturated heterocycles. The highest BCUT2D eigenvalue weighted by molar-refractivity contribution is 7.18. The Kier molecular flexibility index (Phi) is 4.81. The molecule has 0 atom stereocenters. The summed E-state index contributed by atoms with van der Waals surface area (Å²) >= 11 is 1.67. The lowest BCUT2D eigenvalue weighted by molar-refractivity contribution is -0.147. The number of hydrogen-bond donors (Lipinski definition) is 1. The lowest BCUT2D eigenvalue weighted by Crippen LogP contribution is -2.50. The quantitative estimate of drug-likeness (QED) is 0.664. The van der Waals surface area contributed by atoms with Crippen molar-refractivity contribution in [3.63, 3.8) is 0 Å². The molecular weight excluding hydrogens is 384 g/mol. The molecule has 1 aliphatic carbocycles. The van der Waals surface area contributed by atoms with Crippen molar-refractivity contribution in [2.75, 3.05) is 19.6 Å². The molecule has 3 aromatic rings. The third kappa shape index (κ3) is 3.91. The van der Waals surface area contributed by atoms with E-state index in [4.69, 9.17) is 9.84 Å². The number of carboxylic acid groups (broad SMARTS) is 1. The van der Waals surface area contributed by atoms with Gasteiger partial charge in [0, 0.05) is 19.6 Å². The first-order chi connectivity index (χ1) is 14.1. The summed E-state index contributed by atoms with van der Waals surface area (Å²) in [6.45, 7) is 2.69. The zero-order chi connectivity index (χ0) is 19.8. The molecule has 2 aromatic carbocycles. The Morgan fingerprint density at radius 2 is 2.07 bits per heavy atom. The molecule has 1 aromatic heterocycles. The average molecular weight is 407 g/mol. The minimum Gasteiger partial charge on any atom is -0.486 e. The number of ether oxygens (including phenoxy) is 1. The second kappa shape index (κ2) is 7.61. The molecule has 0 unspecified atom stereocenters. The first-order valence-corrected chi connectivity index (χ1v) is 10.7. The fourth-order valence-electron chi connectivity index (χ4n) is 4.01. The summed E-state index contributed by atoms with van der Waals surface area (Å²) in [4.78, 5) is 17.8. The molecule has 1 fully saturated rings. The molecule has 0 saturated carbocycles. The Hall–Kier alpha value is -2.70. The van der Waals surface area contributed by atoms with Gasteiger partial charge in [0.05, 0.1) is 16.1 Å². The molecule has 5 rings (SSSR count). The van der Waals surface area contributed by atoms with Crippen LogP contribution in [-0.2, 0) is 17.8 Å². The number of nitrogens with zero attached hydrogens (tertiary/aromatic N) is 2. The number of aromatic nitrogens is 1. The topological polar surface area (TPSA) is 62.7 Å². The summed E-state index contributed by atoms with van der Waals surface area (Å²) in [5.74, 6) is 0.0103. The standard InChI is InChI=1S/C23H22N2O3S/c26-23(27)18-12-25(13-18)11-15-5-6-17-10-19(8-7-16(17)9-15)28-14-22-24-20-3-1-2-4-21(20)29-22/h1-4,7-10,18H,5-6,11-14H2,(H,26,27). The highest BCUT2D eigenvalue weighted by Gasteiger charge is 2.32. The van der Waals surface area contributed by atoms with E-state index in [-0.39, 0.29) is 5.92 Å². The molecular formula is C23H22N2O3S. The number of thiazole rings is 1. The van der Waals surface area contributed by atoms with Gasteiger partial charge in [0.15, 0.2) is 0 Å². The number of aryl methyl sites for hydroxylation is 1. The number of likely N-dealkylation sites (tertiary alicyclic amines) is 1. The largest absolute Gasteiger partial charge is 0.486 e. The number of para-hydroxylation sites is 1. The zero-order valence-electron chi connectivity index (χ0n) is 16.0.